The number of benzene rings is 1. The third-order valence-electron chi connectivity index (χ3n) is 1.66. The summed E-state index contributed by atoms with van der Waals surface area (Å²) < 4.78 is 26.9. The molecule has 0 radical (unpaired) electrons. The minimum atomic E-state index is -2.34. The third-order valence-corrected chi connectivity index (χ3v) is 3.30. The highest BCUT2D eigenvalue weighted by Gasteiger charge is 2.10. The zero-order valence-corrected chi connectivity index (χ0v) is 8.72. The van der Waals surface area contributed by atoms with Crippen LogP contribution in [0.5, 0.6) is 0 Å². The van der Waals surface area contributed by atoms with Crippen LogP contribution in [-0.2, 0) is 11.1 Å². The Hall–Kier alpha value is -0.650. The lowest BCUT2D eigenvalue weighted by Crippen LogP contribution is -1.84. The van der Waals surface area contributed by atoms with Gasteiger partial charge >= 0.3 is 0 Å². The van der Waals surface area contributed by atoms with Crippen molar-refractivity contribution in [2.24, 2.45) is 0 Å². The molecule has 1 atom stereocenters. The maximum absolute atomic E-state index is 10.7. The van der Waals surface area contributed by atoms with E-state index in [1.54, 1.807) is 18.2 Å². The highest BCUT2D eigenvalue weighted by Crippen LogP contribution is 2.32. The van der Waals surface area contributed by atoms with Crippen LogP contribution in [0.15, 0.2) is 38.2 Å². The Morgan fingerprint density at radius 2 is 2.08 bits per heavy atom. The van der Waals surface area contributed by atoms with Crippen LogP contribution in [0.4, 0.5) is 0 Å². The summed E-state index contributed by atoms with van der Waals surface area (Å²) in [7, 11) is 0. The number of para-hydroxylation sites is 1. The molecule has 0 aliphatic rings. The van der Waals surface area contributed by atoms with Gasteiger partial charge in [-0.2, -0.15) is 0 Å². The number of furan rings is 1. The standard InChI is InChI=1S/C8H5BrO3S/c9-7-5-3-1-2-4-6(5)12-8(7)13(10)11/h1-4H,(H,10,11)/p-1. The van der Waals surface area contributed by atoms with E-state index in [9.17, 15) is 8.76 Å². The highest BCUT2D eigenvalue weighted by atomic mass is 79.9. The molecular formula is C8H4BrO3S-. The summed E-state index contributed by atoms with van der Waals surface area (Å²) in [6, 6.07) is 7.12. The maximum atomic E-state index is 10.7. The van der Waals surface area contributed by atoms with Crippen molar-refractivity contribution in [2.45, 2.75) is 5.09 Å². The van der Waals surface area contributed by atoms with Crippen molar-refractivity contribution < 1.29 is 13.2 Å². The van der Waals surface area contributed by atoms with Gasteiger partial charge in [0.1, 0.15) is 5.58 Å². The van der Waals surface area contributed by atoms with Gasteiger partial charge in [-0.3, -0.25) is 4.21 Å². The van der Waals surface area contributed by atoms with Crippen molar-refractivity contribution >= 4 is 38.0 Å². The van der Waals surface area contributed by atoms with Crippen molar-refractivity contribution in [3.8, 4) is 0 Å². The van der Waals surface area contributed by atoms with Gasteiger partial charge in [-0.25, -0.2) is 0 Å². The Morgan fingerprint density at radius 3 is 2.69 bits per heavy atom. The molecule has 13 heavy (non-hydrogen) atoms. The van der Waals surface area contributed by atoms with E-state index in [4.69, 9.17) is 4.42 Å². The van der Waals surface area contributed by atoms with Gasteiger partial charge in [0.2, 0.25) is 0 Å². The SMILES string of the molecule is O=S([O-])c1oc2ccccc2c1Br. The summed E-state index contributed by atoms with van der Waals surface area (Å²) in [5.41, 5.74) is 0.563. The summed E-state index contributed by atoms with van der Waals surface area (Å²) >= 11 is 0.829. The van der Waals surface area contributed by atoms with Gasteiger partial charge in [-0.1, -0.05) is 12.1 Å². The molecule has 1 unspecified atom stereocenters. The van der Waals surface area contributed by atoms with Gasteiger partial charge in [0, 0.05) is 16.5 Å². The topological polar surface area (TPSA) is 53.3 Å². The van der Waals surface area contributed by atoms with Gasteiger partial charge in [0.25, 0.3) is 0 Å². The first kappa shape index (κ1) is 8.93. The Bertz CT molecular complexity index is 477. The summed E-state index contributed by atoms with van der Waals surface area (Å²) in [6.45, 7) is 0. The molecule has 2 rings (SSSR count). The second kappa shape index (κ2) is 3.25. The molecular weight excluding hydrogens is 256 g/mol. The van der Waals surface area contributed by atoms with Gasteiger partial charge in [0.15, 0.2) is 5.09 Å². The lowest BCUT2D eigenvalue weighted by molar-refractivity contribution is 0.456. The van der Waals surface area contributed by atoms with Crippen molar-refractivity contribution in [1.29, 1.82) is 0 Å². The average Bonchev–Trinajstić information content (AvgIpc) is 2.45. The fraction of sp³-hybridized carbons (Fsp3) is 0. The van der Waals surface area contributed by atoms with Crippen LogP contribution < -0.4 is 0 Å². The molecule has 0 amide bonds. The molecule has 68 valence electrons. The highest BCUT2D eigenvalue weighted by molar-refractivity contribution is 9.10. The van der Waals surface area contributed by atoms with Crippen LogP contribution in [0.1, 0.15) is 0 Å². The van der Waals surface area contributed by atoms with E-state index in [0.717, 1.165) is 5.39 Å². The van der Waals surface area contributed by atoms with Crippen LogP contribution in [0.3, 0.4) is 0 Å². The molecule has 1 heterocycles. The first-order valence-corrected chi connectivity index (χ1v) is 5.33. The molecule has 0 fully saturated rings. The quantitative estimate of drug-likeness (QED) is 0.740. The Morgan fingerprint density at radius 1 is 1.38 bits per heavy atom. The van der Waals surface area contributed by atoms with Crippen molar-refractivity contribution in [2.75, 3.05) is 0 Å². The molecule has 2 aromatic rings. The van der Waals surface area contributed by atoms with Gasteiger partial charge in [-0.15, -0.1) is 0 Å². The second-order valence-electron chi connectivity index (χ2n) is 2.43. The smallest absolute Gasteiger partial charge is 0.192 e. The minimum Gasteiger partial charge on any atom is -0.766 e. The molecule has 5 heteroatoms. The third kappa shape index (κ3) is 1.43. The van der Waals surface area contributed by atoms with E-state index in [-0.39, 0.29) is 5.09 Å². The number of hydrogen-bond donors (Lipinski definition) is 0. The molecule has 0 aliphatic heterocycles. The molecule has 0 spiro atoms. The molecule has 0 bridgehead atoms. The molecule has 0 N–H and O–H groups in total. The number of hydrogen-bond acceptors (Lipinski definition) is 3. The minimum absolute atomic E-state index is 0.0544. The summed E-state index contributed by atoms with van der Waals surface area (Å²) in [6.07, 6.45) is 0. The Labute approximate surface area is 85.2 Å². The van der Waals surface area contributed by atoms with Gasteiger partial charge < -0.3 is 8.97 Å². The van der Waals surface area contributed by atoms with E-state index in [0.29, 0.717) is 10.1 Å². The zero-order chi connectivity index (χ0) is 9.42. The normalized spacial score (nSPS) is 13.4. The molecule has 0 saturated heterocycles. The van der Waals surface area contributed by atoms with E-state index in [1.165, 1.54) is 0 Å². The summed E-state index contributed by atoms with van der Waals surface area (Å²) in [5, 5.41) is 0.711. The number of rotatable bonds is 1. The molecule has 1 aromatic carbocycles. The first-order valence-electron chi connectivity index (χ1n) is 3.46. The predicted octanol–water partition coefficient (Wildman–Crippen LogP) is 2.43. The summed E-state index contributed by atoms with van der Waals surface area (Å²) in [5.74, 6) is 0. The average molecular weight is 260 g/mol. The molecule has 3 nitrogen and oxygen atoms in total. The van der Waals surface area contributed by atoms with Crippen LogP contribution in [0.2, 0.25) is 0 Å². The number of fused-ring (bicyclic) bond motifs is 1. The van der Waals surface area contributed by atoms with E-state index in [1.807, 2.05) is 6.07 Å². The van der Waals surface area contributed by atoms with Crippen molar-refractivity contribution in [1.82, 2.24) is 0 Å². The number of halogens is 1. The van der Waals surface area contributed by atoms with Crippen molar-refractivity contribution in [3.63, 3.8) is 0 Å². The zero-order valence-electron chi connectivity index (χ0n) is 6.32. The summed E-state index contributed by atoms with van der Waals surface area (Å²) in [4.78, 5) is 0. The second-order valence-corrected chi connectivity index (χ2v) is 4.07. The lowest BCUT2D eigenvalue weighted by Gasteiger charge is -1.98. The molecule has 1 aromatic heterocycles. The fourth-order valence-corrected chi connectivity index (χ4v) is 2.32. The largest absolute Gasteiger partial charge is 0.766 e. The van der Waals surface area contributed by atoms with Crippen LogP contribution in [0, 0.1) is 0 Å². The first-order chi connectivity index (χ1) is 6.20. The van der Waals surface area contributed by atoms with Gasteiger partial charge in [-0.05, 0) is 28.1 Å². The van der Waals surface area contributed by atoms with E-state index >= 15 is 0 Å². The van der Waals surface area contributed by atoms with E-state index in [2.05, 4.69) is 15.9 Å². The van der Waals surface area contributed by atoms with Crippen LogP contribution >= 0.6 is 15.9 Å². The van der Waals surface area contributed by atoms with Crippen LogP contribution in [0.25, 0.3) is 11.0 Å². The van der Waals surface area contributed by atoms with Gasteiger partial charge in [0.05, 0.1) is 4.47 Å². The lowest BCUT2D eigenvalue weighted by atomic mass is 10.3. The van der Waals surface area contributed by atoms with Crippen LogP contribution in [-0.4, -0.2) is 8.76 Å². The molecule has 0 aliphatic carbocycles. The molecule has 0 saturated carbocycles. The van der Waals surface area contributed by atoms with E-state index < -0.39 is 11.1 Å². The maximum Gasteiger partial charge on any atom is 0.192 e. The monoisotopic (exact) mass is 259 g/mol. The van der Waals surface area contributed by atoms with Crippen molar-refractivity contribution in [3.05, 3.63) is 28.7 Å². The fourth-order valence-electron chi connectivity index (χ4n) is 1.10. The predicted molar refractivity (Wildman–Crippen MR) is 51.1 cm³/mol. The Kier molecular flexibility index (Phi) is 2.23. The Balaban J connectivity index is 2.81.